The van der Waals surface area contributed by atoms with Crippen molar-refractivity contribution in [1.29, 1.82) is 0 Å². The molecule has 12 nitrogen and oxygen atoms in total. The van der Waals surface area contributed by atoms with Crippen LogP contribution in [0.15, 0.2) is 51.9 Å². The molecule has 1 aliphatic heterocycles. The maximum absolute atomic E-state index is 13.4. The highest BCUT2D eigenvalue weighted by Gasteiger charge is 2.34. The molecule has 1 amide bonds. The van der Waals surface area contributed by atoms with E-state index in [9.17, 15) is 9.59 Å². The van der Waals surface area contributed by atoms with Crippen LogP contribution in [0.1, 0.15) is 34.9 Å². The van der Waals surface area contributed by atoms with Crippen molar-refractivity contribution in [3.8, 4) is 5.75 Å². The Bertz CT molecular complexity index is 1410. The van der Waals surface area contributed by atoms with Crippen molar-refractivity contribution in [2.24, 2.45) is 0 Å². The van der Waals surface area contributed by atoms with Crippen LogP contribution in [0, 0.1) is 0 Å². The lowest BCUT2D eigenvalue weighted by molar-refractivity contribution is 0.0557. The summed E-state index contributed by atoms with van der Waals surface area (Å²) in [5, 5.41) is 13.2. The molecule has 4 aromatic rings. The van der Waals surface area contributed by atoms with Gasteiger partial charge in [-0.25, -0.2) is 4.68 Å². The molecule has 1 saturated heterocycles. The van der Waals surface area contributed by atoms with Crippen molar-refractivity contribution in [3.05, 3.63) is 70.2 Å². The number of methoxy groups -OCH3 is 1. The Hall–Kier alpha value is -4.03. The Kier molecular flexibility index (Phi) is 7.28. The standard InChI is InChI=1S/C25H29N7O5/c1-3-36-18-6-7-20-17(15-18)16-19(24(33)26-20)22(23-27-28-29-32(23)12-14-35-2)30-8-10-31(11-9-30)25(34)21-5-4-13-37-21/h4-7,13,15-16,22H,3,8-12,14H2,1-2H3,(H,26,33)/t22-/m0/s1. The number of carbonyl (C=O) groups excluding carboxylic acids is 1. The summed E-state index contributed by atoms with van der Waals surface area (Å²) in [7, 11) is 1.61. The van der Waals surface area contributed by atoms with E-state index in [0.29, 0.717) is 68.6 Å². The molecule has 1 atom stereocenters. The summed E-state index contributed by atoms with van der Waals surface area (Å²) in [6.45, 7) is 5.29. The highest BCUT2D eigenvalue weighted by atomic mass is 16.5. The number of nitrogens with one attached hydrogen (secondary N) is 1. The van der Waals surface area contributed by atoms with E-state index in [1.807, 2.05) is 31.2 Å². The smallest absolute Gasteiger partial charge is 0.289 e. The summed E-state index contributed by atoms with van der Waals surface area (Å²) in [4.78, 5) is 33.1. The third-order valence-electron chi connectivity index (χ3n) is 6.46. The number of rotatable bonds is 9. The average molecular weight is 508 g/mol. The zero-order chi connectivity index (χ0) is 25.8. The SMILES string of the molecule is CCOc1ccc2[nH]c(=O)c([C@@H](c3nnnn3CCOC)N3CCN(C(=O)c4ccco4)CC3)cc2c1. The minimum atomic E-state index is -0.531. The Morgan fingerprint density at radius 1 is 1.19 bits per heavy atom. The van der Waals surface area contributed by atoms with Crippen LogP contribution >= 0.6 is 0 Å². The van der Waals surface area contributed by atoms with Gasteiger partial charge in [-0.1, -0.05) is 0 Å². The lowest BCUT2D eigenvalue weighted by Crippen LogP contribution is -2.50. The monoisotopic (exact) mass is 507 g/mol. The molecule has 1 fully saturated rings. The number of benzene rings is 1. The van der Waals surface area contributed by atoms with Gasteiger partial charge >= 0.3 is 0 Å². The number of carbonyl (C=O) groups is 1. The van der Waals surface area contributed by atoms with E-state index in [4.69, 9.17) is 13.9 Å². The fraction of sp³-hybridized carbons (Fsp3) is 0.400. The van der Waals surface area contributed by atoms with Gasteiger partial charge in [-0.15, -0.1) is 5.10 Å². The summed E-state index contributed by atoms with van der Waals surface area (Å²) < 4.78 is 17.8. The number of fused-ring (bicyclic) bond motifs is 1. The Balaban J connectivity index is 1.50. The lowest BCUT2D eigenvalue weighted by atomic mass is 10.0. The zero-order valence-corrected chi connectivity index (χ0v) is 20.8. The summed E-state index contributed by atoms with van der Waals surface area (Å²) in [5.74, 6) is 1.41. The van der Waals surface area contributed by atoms with Gasteiger partial charge in [-0.3, -0.25) is 14.5 Å². The Labute approximate surface area is 212 Å². The normalized spacial score (nSPS) is 15.2. The van der Waals surface area contributed by atoms with Gasteiger partial charge in [0.1, 0.15) is 11.8 Å². The van der Waals surface area contributed by atoms with Gasteiger partial charge in [-0.05, 0) is 53.7 Å². The number of piperazine rings is 1. The second-order valence-corrected chi connectivity index (χ2v) is 8.70. The molecule has 1 aromatic carbocycles. The van der Waals surface area contributed by atoms with Crippen LogP contribution < -0.4 is 10.3 Å². The minimum absolute atomic E-state index is 0.155. The molecule has 0 bridgehead atoms. The van der Waals surface area contributed by atoms with Crippen molar-refractivity contribution in [2.75, 3.05) is 46.5 Å². The highest BCUT2D eigenvalue weighted by molar-refractivity contribution is 5.91. The predicted molar refractivity (Wildman–Crippen MR) is 133 cm³/mol. The van der Waals surface area contributed by atoms with Crippen LogP contribution in [0.25, 0.3) is 10.9 Å². The van der Waals surface area contributed by atoms with Crippen molar-refractivity contribution < 1.29 is 18.7 Å². The van der Waals surface area contributed by atoms with E-state index in [2.05, 4.69) is 25.4 Å². The molecule has 0 aliphatic carbocycles. The number of H-pyrrole nitrogens is 1. The van der Waals surface area contributed by atoms with Gasteiger partial charge in [0.05, 0.1) is 26.0 Å². The van der Waals surface area contributed by atoms with Gasteiger partial charge in [0, 0.05) is 49.8 Å². The highest BCUT2D eigenvalue weighted by Crippen LogP contribution is 2.29. The third-order valence-corrected chi connectivity index (χ3v) is 6.46. The second-order valence-electron chi connectivity index (χ2n) is 8.70. The van der Waals surface area contributed by atoms with E-state index in [0.717, 1.165) is 11.1 Å². The van der Waals surface area contributed by atoms with Crippen molar-refractivity contribution in [2.45, 2.75) is 19.5 Å². The van der Waals surface area contributed by atoms with Gasteiger partial charge in [0.2, 0.25) is 0 Å². The van der Waals surface area contributed by atoms with Crippen LogP contribution in [0.3, 0.4) is 0 Å². The first-order valence-electron chi connectivity index (χ1n) is 12.2. The molecule has 3 aromatic heterocycles. The van der Waals surface area contributed by atoms with Crippen molar-refractivity contribution in [3.63, 3.8) is 0 Å². The van der Waals surface area contributed by atoms with Crippen molar-refractivity contribution >= 4 is 16.8 Å². The molecule has 12 heteroatoms. The van der Waals surface area contributed by atoms with E-state index in [-0.39, 0.29) is 11.5 Å². The number of tetrazole rings is 1. The maximum atomic E-state index is 13.4. The molecule has 4 heterocycles. The number of pyridine rings is 1. The number of ether oxygens (including phenoxy) is 2. The second kappa shape index (κ2) is 10.9. The number of aromatic amines is 1. The number of furan rings is 1. The topological polar surface area (TPSA) is 132 Å². The van der Waals surface area contributed by atoms with Crippen LogP contribution in [-0.2, 0) is 11.3 Å². The number of hydrogen-bond donors (Lipinski definition) is 1. The fourth-order valence-corrected chi connectivity index (χ4v) is 4.64. The first-order valence-corrected chi connectivity index (χ1v) is 12.2. The Morgan fingerprint density at radius 2 is 2.03 bits per heavy atom. The largest absolute Gasteiger partial charge is 0.494 e. The van der Waals surface area contributed by atoms with Crippen LogP contribution in [0.5, 0.6) is 5.75 Å². The molecule has 0 unspecified atom stereocenters. The van der Waals surface area contributed by atoms with Gasteiger partial charge < -0.3 is 23.8 Å². The molecule has 0 radical (unpaired) electrons. The van der Waals surface area contributed by atoms with Crippen molar-refractivity contribution in [1.82, 2.24) is 35.0 Å². The summed E-state index contributed by atoms with van der Waals surface area (Å²) in [6.07, 6.45) is 1.49. The van der Waals surface area contributed by atoms with E-state index in [1.54, 1.807) is 28.8 Å². The van der Waals surface area contributed by atoms with Gasteiger partial charge in [-0.2, -0.15) is 0 Å². The summed E-state index contributed by atoms with van der Waals surface area (Å²) in [6, 6.07) is 10.3. The summed E-state index contributed by atoms with van der Waals surface area (Å²) in [5.41, 5.74) is 1.00. The summed E-state index contributed by atoms with van der Waals surface area (Å²) >= 11 is 0. The Morgan fingerprint density at radius 3 is 2.76 bits per heavy atom. The van der Waals surface area contributed by atoms with Gasteiger partial charge in [0.15, 0.2) is 11.6 Å². The number of nitrogens with zero attached hydrogens (tertiary/aromatic N) is 6. The third kappa shape index (κ3) is 5.11. The molecule has 0 saturated carbocycles. The van der Waals surface area contributed by atoms with E-state index in [1.165, 1.54) is 6.26 Å². The number of aromatic nitrogens is 5. The molecular formula is C25H29N7O5. The van der Waals surface area contributed by atoms with E-state index >= 15 is 0 Å². The molecule has 1 aliphatic rings. The van der Waals surface area contributed by atoms with E-state index < -0.39 is 6.04 Å². The molecule has 194 valence electrons. The fourth-order valence-electron chi connectivity index (χ4n) is 4.64. The molecule has 5 rings (SSSR count). The van der Waals surface area contributed by atoms with Crippen LogP contribution in [-0.4, -0.2) is 87.4 Å². The quantitative estimate of drug-likeness (QED) is 0.359. The number of amides is 1. The van der Waals surface area contributed by atoms with Crippen LogP contribution in [0.4, 0.5) is 0 Å². The minimum Gasteiger partial charge on any atom is -0.494 e. The first-order chi connectivity index (χ1) is 18.1. The molecule has 37 heavy (non-hydrogen) atoms. The predicted octanol–water partition coefficient (Wildman–Crippen LogP) is 1.70. The molecule has 1 N–H and O–H groups in total. The van der Waals surface area contributed by atoms with Gasteiger partial charge in [0.25, 0.3) is 11.5 Å². The lowest BCUT2D eigenvalue weighted by Gasteiger charge is -2.38. The zero-order valence-electron chi connectivity index (χ0n) is 20.8. The molecule has 0 spiro atoms. The first kappa shape index (κ1) is 24.7. The maximum Gasteiger partial charge on any atom is 0.289 e. The average Bonchev–Trinajstić information content (AvgIpc) is 3.61. The van der Waals surface area contributed by atoms with Crippen LogP contribution in [0.2, 0.25) is 0 Å². The number of hydrogen-bond acceptors (Lipinski definition) is 9. The molecular weight excluding hydrogens is 478 g/mol.